The van der Waals surface area contributed by atoms with E-state index in [9.17, 15) is 9.59 Å². The van der Waals surface area contributed by atoms with Gasteiger partial charge < -0.3 is 19.0 Å². The third-order valence-corrected chi connectivity index (χ3v) is 5.57. The first-order valence-electron chi connectivity index (χ1n) is 9.98. The van der Waals surface area contributed by atoms with Gasteiger partial charge in [-0.2, -0.15) is 0 Å². The molecule has 0 bridgehead atoms. The number of para-hydroxylation sites is 1. The number of ether oxygens (including phenoxy) is 1. The van der Waals surface area contributed by atoms with Gasteiger partial charge in [0, 0.05) is 42.3 Å². The number of benzene rings is 2. The number of anilines is 1. The van der Waals surface area contributed by atoms with E-state index in [0.29, 0.717) is 54.5 Å². The fraction of sp³-hybridized carbons (Fsp3) is 0.304. The van der Waals surface area contributed by atoms with Crippen molar-refractivity contribution >= 4 is 34.2 Å². The van der Waals surface area contributed by atoms with E-state index in [1.54, 1.807) is 23.1 Å². The Balaban J connectivity index is 1.54. The van der Waals surface area contributed by atoms with Gasteiger partial charge in [-0.3, -0.25) is 4.79 Å². The lowest BCUT2D eigenvalue weighted by atomic mass is 10.1. The number of aryl methyl sites for hydroxylation is 1. The highest BCUT2D eigenvalue weighted by Crippen LogP contribution is 2.27. The first kappa shape index (κ1) is 20.3. The van der Waals surface area contributed by atoms with Gasteiger partial charge in [0.25, 0.3) is 5.91 Å². The van der Waals surface area contributed by atoms with Crippen molar-refractivity contribution in [3.8, 4) is 5.75 Å². The largest absolute Gasteiger partial charge is 0.490 e. The minimum atomic E-state index is -0.646. The van der Waals surface area contributed by atoms with Crippen molar-refractivity contribution in [3.63, 3.8) is 0 Å². The van der Waals surface area contributed by atoms with Crippen LogP contribution in [0.25, 0.3) is 11.0 Å². The van der Waals surface area contributed by atoms with E-state index in [-0.39, 0.29) is 11.5 Å². The van der Waals surface area contributed by atoms with Crippen molar-refractivity contribution in [2.24, 2.45) is 0 Å². The molecule has 0 aliphatic carbocycles. The molecule has 30 heavy (non-hydrogen) atoms. The van der Waals surface area contributed by atoms with Crippen LogP contribution in [0.4, 0.5) is 5.69 Å². The van der Waals surface area contributed by atoms with E-state index in [2.05, 4.69) is 4.90 Å². The third-order valence-electron chi connectivity index (χ3n) is 5.33. The van der Waals surface area contributed by atoms with Gasteiger partial charge in [-0.05, 0) is 43.7 Å². The predicted molar refractivity (Wildman–Crippen MR) is 118 cm³/mol. The lowest BCUT2D eigenvalue weighted by molar-refractivity contribution is 0.0742. The Bertz CT molecular complexity index is 1150. The molecular weight excluding hydrogens is 404 g/mol. The van der Waals surface area contributed by atoms with Crippen LogP contribution in [0.5, 0.6) is 5.75 Å². The van der Waals surface area contributed by atoms with E-state index in [4.69, 9.17) is 20.8 Å². The standard InChI is InChI=1S/C23H23ClN2O4/c1-3-29-20-6-4-5-16-13-18(23(28)30-21(16)20)22(27)26-11-9-25(10-12-26)19-14-17(24)8-7-15(19)2/h4-8,13-14H,3,9-12H2,1-2H3. The number of amides is 1. The van der Waals surface area contributed by atoms with E-state index in [1.165, 1.54) is 0 Å². The van der Waals surface area contributed by atoms with Gasteiger partial charge in [-0.25, -0.2) is 4.79 Å². The number of rotatable bonds is 4. The molecule has 3 aromatic rings. The van der Waals surface area contributed by atoms with Crippen LogP contribution in [0.15, 0.2) is 51.7 Å². The molecule has 1 aliphatic rings. The molecule has 1 aliphatic heterocycles. The summed E-state index contributed by atoms with van der Waals surface area (Å²) in [6.45, 7) is 6.72. The number of halogens is 1. The van der Waals surface area contributed by atoms with Crippen LogP contribution in [-0.2, 0) is 0 Å². The molecule has 156 valence electrons. The van der Waals surface area contributed by atoms with E-state index in [0.717, 1.165) is 11.3 Å². The van der Waals surface area contributed by atoms with Gasteiger partial charge in [-0.15, -0.1) is 0 Å². The van der Waals surface area contributed by atoms with Crippen molar-refractivity contribution in [1.82, 2.24) is 4.90 Å². The Morgan fingerprint density at radius 3 is 2.63 bits per heavy atom. The summed E-state index contributed by atoms with van der Waals surface area (Å²) in [5.41, 5.74) is 1.97. The maximum Gasteiger partial charge on any atom is 0.349 e. The van der Waals surface area contributed by atoms with Crippen molar-refractivity contribution in [3.05, 3.63) is 69.0 Å². The van der Waals surface area contributed by atoms with Gasteiger partial charge in [0.1, 0.15) is 5.56 Å². The first-order valence-corrected chi connectivity index (χ1v) is 10.4. The second kappa shape index (κ2) is 8.40. The van der Waals surface area contributed by atoms with Gasteiger partial charge in [0.05, 0.1) is 6.61 Å². The summed E-state index contributed by atoms with van der Waals surface area (Å²) in [5.74, 6) is 0.187. The van der Waals surface area contributed by atoms with Gasteiger partial charge in [0.2, 0.25) is 0 Å². The van der Waals surface area contributed by atoms with Crippen molar-refractivity contribution < 1.29 is 13.9 Å². The minimum absolute atomic E-state index is 0.0449. The molecule has 0 saturated carbocycles. The van der Waals surface area contributed by atoms with Crippen LogP contribution in [0.2, 0.25) is 5.02 Å². The van der Waals surface area contributed by atoms with Crippen molar-refractivity contribution in [1.29, 1.82) is 0 Å². The molecule has 1 saturated heterocycles. The molecule has 1 aromatic heterocycles. The maximum atomic E-state index is 13.0. The SMILES string of the molecule is CCOc1cccc2cc(C(=O)N3CCN(c4cc(Cl)ccc4C)CC3)c(=O)oc12. The number of hydrogen-bond donors (Lipinski definition) is 0. The monoisotopic (exact) mass is 426 g/mol. The molecular formula is C23H23ClN2O4. The highest BCUT2D eigenvalue weighted by Gasteiger charge is 2.26. The quantitative estimate of drug-likeness (QED) is 0.587. The fourth-order valence-corrected chi connectivity index (χ4v) is 3.95. The molecule has 4 rings (SSSR count). The van der Waals surface area contributed by atoms with Crippen LogP contribution in [0.3, 0.4) is 0 Å². The number of carbonyl (C=O) groups excluding carboxylic acids is 1. The summed E-state index contributed by atoms with van der Waals surface area (Å²) in [6, 6.07) is 12.8. The highest BCUT2D eigenvalue weighted by atomic mass is 35.5. The van der Waals surface area contributed by atoms with E-state index in [1.807, 2.05) is 38.1 Å². The van der Waals surface area contributed by atoms with E-state index >= 15 is 0 Å². The molecule has 0 atom stereocenters. The summed E-state index contributed by atoms with van der Waals surface area (Å²) in [5, 5.41) is 1.35. The average molecular weight is 427 g/mol. The second-order valence-corrected chi connectivity index (χ2v) is 7.70. The zero-order valence-electron chi connectivity index (χ0n) is 17.0. The third kappa shape index (κ3) is 3.87. The molecule has 1 amide bonds. The molecule has 2 aromatic carbocycles. The van der Waals surface area contributed by atoms with Gasteiger partial charge in [0.15, 0.2) is 11.3 Å². The van der Waals surface area contributed by atoms with Gasteiger partial charge in [-0.1, -0.05) is 29.8 Å². The number of piperazine rings is 1. The molecule has 6 nitrogen and oxygen atoms in total. The molecule has 7 heteroatoms. The molecule has 0 unspecified atom stereocenters. The summed E-state index contributed by atoms with van der Waals surface area (Å²) in [4.78, 5) is 29.5. The number of fused-ring (bicyclic) bond motifs is 1. The number of nitrogens with zero attached hydrogens (tertiary/aromatic N) is 2. The Morgan fingerprint density at radius 2 is 1.90 bits per heavy atom. The van der Waals surface area contributed by atoms with E-state index < -0.39 is 5.63 Å². The topological polar surface area (TPSA) is 63.0 Å². The Morgan fingerprint density at radius 1 is 1.13 bits per heavy atom. The Hall–Kier alpha value is -2.99. The summed E-state index contributed by atoms with van der Waals surface area (Å²) >= 11 is 6.15. The zero-order chi connectivity index (χ0) is 21.3. The Labute approximate surface area is 179 Å². The lowest BCUT2D eigenvalue weighted by Crippen LogP contribution is -2.49. The fourth-order valence-electron chi connectivity index (χ4n) is 3.78. The average Bonchev–Trinajstić information content (AvgIpc) is 2.75. The molecule has 0 radical (unpaired) electrons. The smallest absolute Gasteiger partial charge is 0.349 e. The first-order chi connectivity index (χ1) is 14.5. The summed E-state index contributed by atoms with van der Waals surface area (Å²) in [6.07, 6.45) is 0. The van der Waals surface area contributed by atoms with Crippen LogP contribution in [0, 0.1) is 6.92 Å². The Kier molecular flexibility index (Phi) is 5.68. The zero-order valence-corrected chi connectivity index (χ0v) is 17.7. The molecule has 1 fully saturated rings. The lowest BCUT2D eigenvalue weighted by Gasteiger charge is -2.36. The second-order valence-electron chi connectivity index (χ2n) is 7.27. The van der Waals surface area contributed by atoms with Crippen LogP contribution in [-0.4, -0.2) is 43.6 Å². The minimum Gasteiger partial charge on any atom is -0.490 e. The van der Waals surface area contributed by atoms with Crippen molar-refractivity contribution in [2.45, 2.75) is 13.8 Å². The van der Waals surface area contributed by atoms with Crippen LogP contribution >= 0.6 is 11.6 Å². The van der Waals surface area contributed by atoms with Crippen LogP contribution < -0.4 is 15.3 Å². The number of carbonyl (C=O) groups is 1. The predicted octanol–water partition coefficient (Wildman–Crippen LogP) is 4.12. The van der Waals surface area contributed by atoms with Crippen molar-refractivity contribution in [2.75, 3.05) is 37.7 Å². The molecule has 0 N–H and O–H groups in total. The molecule has 2 heterocycles. The maximum absolute atomic E-state index is 13.0. The highest BCUT2D eigenvalue weighted by molar-refractivity contribution is 6.30. The molecule has 0 spiro atoms. The summed E-state index contributed by atoms with van der Waals surface area (Å²) in [7, 11) is 0. The number of hydrogen-bond acceptors (Lipinski definition) is 5. The normalized spacial score (nSPS) is 14.2. The van der Waals surface area contributed by atoms with Crippen LogP contribution in [0.1, 0.15) is 22.8 Å². The van der Waals surface area contributed by atoms with Gasteiger partial charge >= 0.3 is 5.63 Å². The summed E-state index contributed by atoms with van der Waals surface area (Å²) < 4.78 is 11.0.